The van der Waals surface area contributed by atoms with Crippen LogP contribution in [0.25, 0.3) is 11.9 Å². The van der Waals surface area contributed by atoms with Gasteiger partial charge in [-0.25, -0.2) is 27.2 Å². The van der Waals surface area contributed by atoms with E-state index in [9.17, 15) is 30.4 Å². The number of amidine groups is 1. The largest absolute Gasteiger partial charge is 0.467 e. The Labute approximate surface area is 192 Å². The topological polar surface area (TPSA) is 108 Å². The maximum Gasteiger partial charge on any atom is 0.422 e. The van der Waals surface area contributed by atoms with Crippen molar-refractivity contribution in [3.63, 3.8) is 0 Å². The van der Waals surface area contributed by atoms with E-state index < -0.39 is 56.2 Å². The number of halogens is 5. The van der Waals surface area contributed by atoms with Crippen LogP contribution in [-0.2, 0) is 15.4 Å². The Bertz CT molecular complexity index is 1260. The smallest absolute Gasteiger partial charge is 0.422 e. The van der Waals surface area contributed by atoms with Crippen molar-refractivity contribution in [1.29, 1.82) is 0 Å². The number of nitrogens with zero attached hydrogens (tertiary/aromatic N) is 3. The van der Waals surface area contributed by atoms with E-state index in [0.29, 0.717) is 0 Å². The Morgan fingerprint density at radius 3 is 2.44 bits per heavy atom. The molecule has 2 aromatic rings. The average molecular weight is 504 g/mol. The maximum absolute atomic E-state index is 14.7. The Morgan fingerprint density at radius 1 is 1.21 bits per heavy atom. The van der Waals surface area contributed by atoms with E-state index in [1.165, 1.54) is 32.9 Å². The standard InChI is InChI=1S/C21H21F5N4O3S/c1-19(2)18(27)30-20(3,11-34(19,31)32)13-6-12(4-5-14(13)22)7-15(23)16-8-29-17(9-28-16)33-10-21(24,25)26/h4-9H,10-11H2,1-3H3,(H2,27,30)/b15-7-/t20-/m0/s1. The summed E-state index contributed by atoms with van der Waals surface area (Å²) in [6.07, 6.45) is -1.87. The molecular weight excluding hydrogens is 483 g/mol. The van der Waals surface area contributed by atoms with E-state index in [2.05, 4.69) is 19.7 Å². The SMILES string of the molecule is CC1(C)C(N)=N[C@](C)(c2cc(/C=C(\F)c3cnc(OCC(F)(F)F)cn3)ccc2F)CS1(=O)=O. The van der Waals surface area contributed by atoms with E-state index in [1.54, 1.807) is 0 Å². The number of aromatic nitrogens is 2. The van der Waals surface area contributed by atoms with E-state index in [4.69, 9.17) is 5.73 Å². The molecule has 2 N–H and O–H groups in total. The van der Waals surface area contributed by atoms with Crippen LogP contribution in [0.4, 0.5) is 22.0 Å². The lowest BCUT2D eigenvalue weighted by molar-refractivity contribution is -0.154. The minimum absolute atomic E-state index is 0.0990. The molecule has 0 bridgehead atoms. The van der Waals surface area contributed by atoms with Crippen LogP contribution in [0.1, 0.15) is 37.6 Å². The monoisotopic (exact) mass is 504 g/mol. The third-order valence-electron chi connectivity index (χ3n) is 5.35. The van der Waals surface area contributed by atoms with Gasteiger partial charge in [0.1, 0.15) is 27.6 Å². The first kappa shape index (κ1) is 25.5. The summed E-state index contributed by atoms with van der Waals surface area (Å²) in [4.78, 5) is 11.5. The van der Waals surface area contributed by atoms with Gasteiger partial charge in [-0.2, -0.15) is 13.2 Å². The summed E-state index contributed by atoms with van der Waals surface area (Å²) in [7, 11) is -3.79. The summed E-state index contributed by atoms with van der Waals surface area (Å²) < 4.78 is 94.5. The van der Waals surface area contributed by atoms with Crippen molar-refractivity contribution >= 4 is 27.6 Å². The van der Waals surface area contributed by atoms with Crippen molar-refractivity contribution in [2.75, 3.05) is 12.4 Å². The van der Waals surface area contributed by atoms with Gasteiger partial charge in [-0.1, -0.05) is 6.07 Å². The zero-order valence-electron chi connectivity index (χ0n) is 18.3. The molecule has 0 aliphatic carbocycles. The molecule has 1 aromatic carbocycles. The third kappa shape index (κ3) is 5.18. The number of nitrogens with two attached hydrogens (primary N) is 1. The molecule has 2 heterocycles. The quantitative estimate of drug-likeness (QED) is 0.621. The molecule has 0 saturated heterocycles. The highest BCUT2D eigenvalue weighted by Crippen LogP contribution is 2.38. The minimum Gasteiger partial charge on any atom is -0.467 e. The number of alkyl halides is 3. The summed E-state index contributed by atoms with van der Waals surface area (Å²) in [5, 5.41) is 0. The number of rotatable bonds is 5. The van der Waals surface area contributed by atoms with Gasteiger partial charge in [0.15, 0.2) is 22.3 Å². The van der Waals surface area contributed by atoms with Crippen LogP contribution >= 0.6 is 0 Å². The second-order valence-electron chi connectivity index (χ2n) is 8.42. The van der Waals surface area contributed by atoms with Crippen LogP contribution < -0.4 is 10.5 Å². The van der Waals surface area contributed by atoms with Crippen LogP contribution in [0.15, 0.2) is 35.6 Å². The molecule has 0 unspecified atom stereocenters. The second kappa shape index (κ2) is 8.60. The average Bonchev–Trinajstić information content (AvgIpc) is 2.71. The first-order valence-corrected chi connectivity index (χ1v) is 11.5. The van der Waals surface area contributed by atoms with Crippen molar-refractivity contribution in [2.24, 2.45) is 10.7 Å². The Morgan fingerprint density at radius 2 is 1.88 bits per heavy atom. The molecule has 1 atom stereocenters. The Balaban J connectivity index is 1.91. The van der Waals surface area contributed by atoms with Crippen LogP contribution in [-0.4, -0.2) is 47.5 Å². The van der Waals surface area contributed by atoms with Crippen molar-refractivity contribution in [1.82, 2.24) is 9.97 Å². The predicted octanol–water partition coefficient (Wildman–Crippen LogP) is 3.80. The molecule has 0 fully saturated rings. The van der Waals surface area contributed by atoms with E-state index in [1.807, 2.05) is 0 Å². The molecule has 0 saturated carbocycles. The molecule has 0 radical (unpaired) electrons. The molecule has 184 valence electrons. The van der Waals surface area contributed by atoms with Gasteiger partial charge in [0.2, 0.25) is 5.88 Å². The fourth-order valence-corrected chi connectivity index (χ4v) is 4.90. The number of sulfone groups is 1. The summed E-state index contributed by atoms with van der Waals surface area (Å²) in [5.41, 5.74) is 4.10. The van der Waals surface area contributed by atoms with Gasteiger partial charge < -0.3 is 10.5 Å². The van der Waals surface area contributed by atoms with Crippen LogP contribution in [0.3, 0.4) is 0 Å². The molecular formula is C21H21F5N4O3S. The number of benzene rings is 1. The van der Waals surface area contributed by atoms with Gasteiger partial charge in [0.05, 0.1) is 18.1 Å². The molecule has 0 spiro atoms. The minimum atomic E-state index is -4.56. The van der Waals surface area contributed by atoms with Crippen LogP contribution in [0, 0.1) is 5.82 Å². The molecule has 1 aliphatic rings. The molecule has 1 aliphatic heterocycles. The fourth-order valence-electron chi connectivity index (χ4n) is 3.22. The fraction of sp³-hybridized carbons (Fsp3) is 0.381. The summed E-state index contributed by atoms with van der Waals surface area (Å²) in [6.45, 7) is 2.66. The molecule has 34 heavy (non-hydrogen) atoms. The Kier molecular flexibility index (Phi) is 6.46. The van der Waals surface area contributed by atoms with E-state index in [-0.39, 0.29) is 22.7 Å². The lowest BCUT2D eigenvalue weighted by atomic mass is 9.91. The van der Waals surface area contributed by atoms with Gasteiger partial charge in [-0.15, -0.1) is 0 Å². The number of hydrogen-bond acceptors (Lipinski definition) is 7. The third-order valence-corrected chi connectivity index (χ3v) is 8.06. The van der Waals surface area contributed by atoms with Crippen molar-refractivity contribution in [3.05, 3.63) is 53.2 Å². The lowest BCUT2D eigenvalue weighted by Crippen LogP contribution is -2.55. The molecule has 7 nitrogen and oxygen atoms in total. The van der Waals surface area contributed by atoms with Gasteiger partial charge in [0.25, 0.3) is 0 Å². The van der Waals surface area contributed by atoms with Gasteiger partial charge in [-0.3, -0.25) is 4.99 Å². The van der Waals surface area contributed by atoms with Crippen molar-refractivity contribution in [3.8, 4) is 5.88 Å². The van der Waals surface area contributed by atoms with Gasteiger partial charge in [0, 0.05) is 5.56 Å². The number of ether oxygens (including phenoxy) is 1. The second-order valence-corrected chi connectivity index (χ2v) is 11.0. The lowest BCUT2D eigenvalue weighted by Gasteiger charge is -2.38. The molecule has 0 amide bonds. The number of aliphatic imine (C=N–C) groups is 1. The Hall–Kier alpha value is -3.09. The van der Waals surface area contributed by atoms with Crippen LogP contribution in [0.5, 0.6) is 5.88 Å². The van der Waals surface area contributed by atoms with Gasteiger partial charge >= 0.3 is 6.18 Å². The highest BCUT2D eigenvalue weighted by atomic mass is 32.2. The normalized spacial score (nSPS) is 22.2. The molecule has 13 heteroatoms. The summed E-state index contributed by atoms with van der Waals surface area (Å²) in [5.74, 6) is -2.79. The predicted molar refractivity (Wildman–Crippen MR) is 116 cm³/mol. The zero-order chi connectivity index (χ0) is 25.5. The first-order chi connectivity index (χ1) is 15.5. The van der Waals surface area contributed by atoms with Crippen LogP contribution in [0.2, 0.25) is 0 Å². The maximum atomic E-state index is 14.7. The summed E-state index contributed by atoms with van der Waals surface area (Å²) in [6, 6.07) is 3.54. The highest BCUT2D eigenvalue weighted by Gasteiger charge is 2.49. The summed E-state index contributed by atoms with van der Waals surface area (Å²) >= 11 is 0. The zero-order valence-corrected chi connectivity index (χ0v) is 19.1. The molecule has 1 aromatic heterocycles. The molecule has 3 rings (SSSR count). The number of hydrogen-bond donors (Lipinski definition) is 1. The van der Waals surface area contributed by atoms with E-state index >= 15 is 0 Å². The first-order valence-electron chi connectivity index (χ1n) is 9.81. The highest BCUT2D eigenvalue weighted by molar-refractivity contribution is 7.93. The van der Waals surface area contributed by atoms with E-state index in [0.717, 1.165) is 24.5 Å². The van der Waals surface area contributed by atoms with Gasteiger partial charge in [-0.05, 0) is 44.5 Å². The van der Waals surface area contributed by atoms with Crippen molar-refractivity contribution < 1.29 is 35.1 Å². The van der Waals surface area contributed by atoms with Crippen molar-refractivity contribution in [2.45, 2.75) is 37.2 Å².